The fraction of sp³-hybridized carbons (Fsp3) is 0.500. The predicted octanol–water partition coefficient (Wildman–Crippen LogP) is 0.596. The third-order valence-electron chi connectivity index (χ3n) is 6.88. The Labute approximate surface area is 224 Å². The summed E-state index contributed by atoms with van der Waals surface area (Å²) in [5.74, 6) is -3.93. The van der Waals surface area contributed by atoms with Crippen molar-refractivity contribution in [2.75, 3.05) is 59.0 Å². The van der Waals surface area contributed by atoms with Crippen molar-refractivity contribution in [3.05, 3.63) is 36.0 Å². The molecule has 4 rings (SSSR count). The van der Waals surface area contributed by atoms with Crippen LogP contribution in [-0.4, -0.2) is 108 Å². The maximum absolute atomic E-state index is 13.7. The van der Waals surface area contributed by atoms with Gasteiger partial charge in [-0.3, -0.25) is 24.3 Å². The molecule has 1 atom stereocenters. The van der Waals surface area contributed by atoms with Gasteiger partial charge in [-0.25, -0.2) is 8.78 Å². The Balaban J connectivity index is 1.30. The van der Waals surface area contributed by atoms with E-state index in [0.29, 0.717) is 36.3 Å². The van der Waals surface area contributed by atoms with Gasteiger partial charge < -0.3 is 25.6 Å². The summed E-state index contributed by atoms with van der Waals surface area (Å²) in [5.41, 5.74) is 6.23. The smallest absolute Gasteiger partial charge is 0.268 e. The highest BCUT2D eigenvalue weighted by Crippen LogP contribution is 2.31. The van der Waals surface area contributed by atoms with Gasteiger partial charge in [0.1, 0.15) is 11.8 Å². The number of fused-ring (bicyclic) bond motifs is 1. The van der Waals surface area contributed by atoms with Crippen LogP contribution in [0.1, 0.15) is 23.2 Å². The molecule has 1 aromatic heterocycles. The molecule has 2 aliphatic heterocycles. The Morgan fingerprint density at radius 3 is 2.67 bits per heavy atom. The lowest BCUT2D eigenvalue weighted by atomic mass is 10.1. The van der Waals surface area contributed by atoms with E-state index in [1.54, 1.807) is 29.2 Å². The van der Waals surface area contributed by atoms with Crippen LogP contribution in [0.2, 0.25) is 0 Å². The zero-order valence-electron chi connectivity index (χ0n) is 21.4. The number of rotatable bonds is 9. The molecule has 0 bridgehead atoms. The Morgan fingerprint density at radius 2 is 1.95 bits per heavy atom. The molecular formula is C26H31F2N7O4. The molecule has 0 aliphatic carbocycles. The van der Waals surface area contributed by atoms with Crippen LogP contribution >= 0.6 is 0 Å². The van der Waals surface area contributed by atoms with E-state index in [1.807, 2.05) is 0 Å². The quantitative estimate of drug-likeness (QED) is 0.438. The Hall–Kier alpha value is -3.89. The lowest BCUT2D eigenvalue weighted by molar-refractivity contribution is -0.132. The van der Waals surface area contributed by atoms with Gasteiger partial charge in [0, 0.05) is 50.7 Å². The van der Waals surface area contributed by atoms with Crippen molar-refractivity contribution < 1.29 is 27.9 Å². The van der Waals surface area contributed by atoms with Crippen LogP contribution in [0.25, 0.3) is 10.9 Å². The molecule has 2 fully saturated rings. The fourth-order valence-electron chi connectivity index (χ4n) is 4.79. The lowest BCUT2D eigenvalue weighted by Crippen LogP contribution is -2.50. The summed E-state index contributed by atoms with van der Waals surface area (Å²) < 4.78 is 33.2. The number of ether oxygens (including phenoxy) is 1. The number of nitrogens with two attached hydrogens (primary N) is 1. The molecule has 2 aromatic rings. The molecule has 0 saturated carbocycles. The summed E-state index contributed by atoms with van der Waals surface area (Å²) >= 11 is 0. The number of carbonyl (C=O) groups is 3. The van der Waals surface area contributed by atoms with E-state index in [9.17, 15) is 23.2 Å². The van der Waals surface area contributed by atoms with Crippen molar-refractivity contribution in [2.24, 2.45) is 5.73 Å². The summed E-state index contributed by atoms with van der Waals surface area (Å²) in [4.78, 5) is 46.1. The number of aromatic nitrogens is 1. The number of halogens is 2. The van der Waals surface area contributed by atoms with E-state index in [4.69, 9.17) is 15.7 Å². The second-order valence-electron chi connectivity index (χ2n) is 9.58. The number of hydrogen-bond donors (Lipinski definition) is 2. The lowest BCUT2D eigenvalue weighted by Gasteiger charge is -2.34. The summed E-state index contributed by atoms with van der Waals surface area (Å²) in [6, 6.07) is 7.17. The van der Waals surface area contributed by atoms with E-state index >= 15 is 0 Å². The minimum atomic E-state index is -3.13. The standard InChI is InChI=1S/C26H31F2N7O4/c27-26(28)13-18(14-29)35(17-26)24(37)16-32-25(38)20-4-5-31-22-3-2-19(12-21(20)22)39-11-1-6-33-7-9-34(10-8-33)23(36)15-30/h2-5,12,18H,1,6-11,13,15-17,30H2,(H,32,38). The van der Waals surface area contributed by atoms with Crippen molar-refractivity contribution >= 4 is 28.6 Å². The molecule has 0 radical (unpaired) electrons. The summed E-state index contributed by atoms with van der Waals surface area (Å²) in [6.45, 7) is 2.83. The van der Waals surface area contributed by atoms with Gasteiger partial charge in [-0.05, 0) is 30.7 Å². The maximum Gasteiger partial charge on any atom is 0.268 e. The molecule has 1 aromatic carbocycles. The minimum Gasteiger partial charge on any atom is -0.494 e. The van der Waals surface area contributed by atoms with Crippen LogP contribution in [0.5, 0.6) is 5.75 Å². The van der Waals surface area contributed by atoms with Crippen molar-refractivity contribution in [2.45, 2.75) is 24.8 Å². The van der Waals surface area contributed by atoms with Gasteiger partial charge in [0.25, 0.3) is 11.8 Å². The van der Waals surface area contributed by atoms with Crippen LogP contribution < -0.4 is 15.8 Å². The normalized spacial score (nSPS) is 19.1. The molecule has 3 heterocycles. The summed E-state index contributed by atoms with van der Waals surface area (Å²) in [6.07, 6.45) is 1.52. The van der Waals surface area contributed by atoms with Crippen LogP contribution in [0.15, 0.2) is 30.5 Å². The number of hydrogen-bond acceptors (Lipinski definition) is 8. The number of nitrogens with one attached hydrogen (secondary N) is 1. The van der Waals surface area contributed by atoms with Gasteiger partial charge in [-0.1, -0.05) is 0 Å². The van der Waals surface area contributed by atoms with Gasteiger partial charge in [0.15, 0.2) is 0 Å². The predicted molar refractivity (Wildman–Crippen MR) is 137 cm³/mol. The third kappa shape index (κ3) is 6.96. The van der Waals surface area contributed by atoms with Crippen LogP contribution in [0, 0.1) is 11.3 Å². The number of pyridine rings is 1. The molecule has 1 unspecified atom stereocenters. The van der Waals surface area contributed by atoms with E-state index in [0.717, 1.165) is 31.0 Å². The molecule has 3 N–H and O–H groups in total. The second kappa shape index (κ2) is 12.3. The number of alkyl halides is 2. The van der Waals surface area contributed by atoms with Gasteiger partial charge in [-0.2, -0.15) is 5.26 Å². The Kier molecular flexibility index (Phi) is 8.88. The molecular weight excluding hydrogens is 512 g/mol. The second-order valence-corrected chi connectivity index (χ2v) is 9.58. The van der Waals surface area contributed by atoms with Gasteiger partial charge in [0.05, 0.1) is 43.4 Å². The monoisotopic (exact) mass is 543 g/mol. The van der Waals surface area contributed by atoms with E-state index in [2.05, 4.69) is 15.2 Å². The average molecular weight is 544 g/mol. The van der Waals surface area contributed by atoms with Gasteiger partial charge in [0.2, 0.25) is 11.8 Å². The molecule has 3 amide bonds. The fourth-order valence-corrected chi connectivity index (χ4v) is 4.79. The number of likely N-dealkylation sites (tertiary alicyclic amines) is 1. The van der Waals surface area contributed by atoms with Crippen molar-refractivity contribution in [1.29, 1.82) is 5.26 Å². The third-order valence-corrected chi connectivity index (χ3v) is 6.88. The zero-order chi connectivity index (χ0) is 28.0. The Morgan fingerprint density at radius 1 is 1.18 bits per heavy atom. The van der Waals surface area contributed by atoms with Gasteiger partial charge in [-0.15, -0.1) is 0 Å². The van der Waals surface area contributed by atoms with Crippen molar-refractivity contribution in [3.63, 3.8) is 0 Å². The topological polar surface area (TPSA) is 145 Å². The van der Waals surface area contributed by atoms with Gasteiger partial charge >= 0.3 is 0 Å². The number of piperazine rings is 1. The highest BCUT2D eigenvalue weighted by atomic mass is 19.3. The van der Waals surface area contributed by atoms with E-state index in [1.165, 1.54) is 12.3 Å². The first kappa shape index (κ1) is 28.1. The largest absolute Gasteiger partial charge is 0.494 e. The number of nitrogens with zero attached hydrogens (tertiary/aromatic N) is 5. The van der Waals surface area contributed by atoms with Crippen LogP contribution in [0.3, 0.4) is 0 Å². The maximum atomic E-state index is 13.7. The number of amides is 3. The highest BCUT2D eigenvalue weighted by molar-refractivity contribution is 6.07. The number of benzene rings is 1. The first-order valence-electron chi connectivity index (χ1n) is 12.8. The van der Waals surface area contributed by atoms with Crippen molar-refractivity contribution in [3.8, 4) is 11.8 Å². The molecule has 2 saturated heterocycles. The Bertz CT molecular complexity index is 1260. The zero-order valence-corrected chi connectivity index (χ0v) is 21.4. The van der Waals surface area contributed by atoms with Crippen LogP contribution in [0.4, 0.5) is 8.78 Å². The number of nitriles is 1. The van der Waals surface area contributed by atoms with E-state index < -0.39 is 43.3 Å². The SMILES string of the molecule is N#CC1CC(F)(F)CN1C(=O)CNC(=O)c1ccnc2ccc(OCCCN3CCN(C(=O)CN)CC3)cc12. The molecule has 2 aliphatic rings. The molecule has 11 nitrogen and oxygen atoms in total. The first-order chi connectivity index (χ1) is 18.7. The van der Waals surface area contributed by atoms with E-state index in [-0.39, 0.29) is 18.0 Å². The van der Waals surface area contributed by atoms with Crippen LogP contribution in [-0.2, 0) is 9.59 Å². The molecule has 13 heteroatoms. The number of carbonyl (C=O) groups excluding carboxylic acids is 3. The average Bonchev–Trinajstić information content (AvgIpc) is 3.27. The molecule has 208 valence electrons. The molecule has 0 spiro atoms. The summed E-state index contributed by atoms with van der Waals surface area (Å²) in [5, 5.41) is 12.1. The molecule has 39 heavy (non-hydrogen) atoms. The minimum absolute atomic E-state index is 0.0273. The first-order valence-corrected chi connectivity index (χ1v) is 12.8. The highest BCUT2D eigenvalue weighted by Gasteiger charge is 2.47. The van der Waals surface area contributed by atoms with Crippen molar-refractivity contribution in [1.82, 2.24) is 25.0 Å². The summed E-state index contributed by atoms with van der Waals surface area (Å²) in [7, 11) is 0.